The normalized spacial score (nSPS) is 13.7. The Morgan fingerprint density at radius 2 is 1.40 bits per heavy atom. The van der Waals surface area contributed by atoms with Gasteiger partial charge in [-0.05, 0) is 97.5 Å². The number of unbranched alkanes of at least 4 members (excludes halogenated alkanes) is 1. The number of rotatable bonds is 5. The van der Waals surface area contributed by atoms with E-state index < -0.39 is 8.60 Å². The number of hydrogen-bond donors (Lipinski definition) is 0. The van der Waals surface area contributed by atoms with E-state index in [1.54, 1.807) is 11.8 Å². The predicted octanol–water partition coefficient (Wildman–Crippen LogP) is 9.79. The average Bonchev–Trinajstić information content (AvgIpc) is 2.75. The van der Waals surface area contributed by atoms with Crippen LogP contribution in [0.4, 0.5) is 0 Å². The van der Waals surface area contributed by atoms with Crippen LogP contribution in [0.25, 0.3) is 0 Å². The molecule has 3 nitrogen and oxygen atoms in total. The zero-order valence-electron chi connectivity index (χ0n) is 22.2. The van der Waals surface area contributed by atoms with Gasteiger partial charge in [-0.25, -0.2) is 0 Å². The van der Waals surface area contributed by atoms with Crippen molar-refractivity contribution in [3.8, 4) is 17.2 Å². The molecule has 3 aromatic carbocycles. The summed E-state index contributed by atoms with van der Waals surface area (Å²) in [4.78, 5) is 2.20. The fourth-order valence-electron chi connectivity index (χ4n) is 4.32. The van der Waals surface area contributed by atoms with Gasteiger partial charge in [-0.1, -0.05) is 70.1 Å². The molecule has 0 bridgehead atoms. The topological polar surface area (TPSA) is 27.7 Å². The van der Waals surface area contributed by atoms with Crippen LogP contribution in [0.2, 0.25) is 0 Å². The fraction of sp³-hybridized carbons (Fsp3) is 0.400. The Labute approximate surface area is 216 Å². The van der Waals surface area contributed by atoms with Crippen molar-refractivity contribution >= 4 is 20.4 Å². The van der Waals surface area contributed by atoms with Crippen LogP contribution in [-0.2, 0) is 11.8 Å². The molecule has 0 amide bonds. The predicted molar refractivity (Wildman–Crippen MR) is 149 cm³/mol. The molecule has 0 saturated carbocycles. The first-order valence-electron chi connectivity index (χ1n) is 12.4. The first-order chi connectivity index (χ1) is 16.5. The molecule has 1 aliphatic rings. The Balaban J connectivity index is 1.78. The van der Waals surface area contributed by atoms with Crippen molar-refractivity contribution < 1.29 is 13.6 Å². The van der Waals surface area contributed by atoms with Crippen LogP contribution in [0.3, 0.4) is 0 Å². The second-order valence-electron chi connectivity index (χ2n) is 10.6. The number of hydrogen-bond acceptors (Lipinski definition) is 4. The molecule has 0 aromatic heterocycles. The molecule has 0 fully saturated rings. The summed E-state index contributed by atoms with van der Waals surface area (Å²) in [6.45, 7) is 17.4. The third-order valence-corrected chi connectivity index (χ3v) is 8.28. The van der Waals surface area contributed by atoms with Gasteiger partial charge in [-0.3, -0.25) is 0 Å². The minimum atomic E-state index is -1.70. The highest BCUT2D eigenvalue weighted by molar-refractivity contribution is 7.99. The molecule has 5 heteroatoms. The lowest BCUT2D eigenvalue weighted by atomic mass is 9.85. The Morgan fingerprint density at radius 3 is 1.91 bits per heavy atom. The quantitative estimate of drug-likeness (QED) is 0.321. The minimum Gasteiger partial charge on any atom is -0.408 e. The molecule has 3 aromatic rings. The van der Waals surface area contributed by atoms with E-state index in [4.69, 9.17) is 13.6 Å². The van der Waals surface area contributed by atoms with Crippen molar-refractivity contribution in [3.63, 3.8) is 0 Å². The summed E-state index contributed by atoms with van der Waals surface area (Å²) in [7, 11) is -1.70. The summed E-state index contributed by atoms with van der Waals surface area (Å²) >= 11 is 1.71. The average molecular weight is 509 g/mol. The van der Waals surface area contributed by atoms with Crippen molar-refractivity contribution in [2.24, 2.45) is 0 Å². The summed E-state index contributed by atoms with van der Waals surface area (Å²) in [5, 5.41) is 0. The summed E-state index contributed by atoms with van der Waals surface area (Å²) in [6.07, 6.45) is 3.22. The van der Waals surface area contributed by atoms with E-state index in [9.17, 15) is 0 Å². The third kappa shape index (κ3) is 5.98. The van der Waals surface area contributed by atoms with Gasteiger partial charge >= 0.3 is 8.60 Å². The van der Waals surface area contributed by atoms with Crippen molar-refractivity contribution in [2.45, 2.75) is 89.9 Å². The summed E-state index contributed by atoms with van der Waals surface area (Å²) in [5.41, 5.74) is 7.23. The lowest BCUT2D eigenvalue weighted by Gasteiger charge is -2.27. The highest BCUT2D eigenvalue weighted by atomic mass is 32.2. The van der Waals surface area contributed by atoms with E-state index in [1.807, 2.05) is 0 Å². The second kappa shape index (κ2) is 10.4. The number of aryl methyl sites for hydroxylation is 5. The molecule has 0 spiro atoms. The molecule has 1 heterocycles. The van der Waals surface area contributed by atoms with Crippen LogP contribution in [0.5, 0.6) is 17.2 Å². The molecule has 35 heavy (non-hydrogen) atoms. The van der Waals surface area contributed by atoms with Crippen LogP contribution in [0, 0.1) is 27.7 Å². The van der Waals surface area contributed by atoms with Gasteiger partial charge in [-0.2, -0.15) is 0 Å². The van der Waals surface area contributed by atoms with E-state index in [2.05, 4.69) is 97.9 Å². The Hall–Kier alpha value is -2.16. The largest absolute Gasteiger partial charge is 0.530 e. The van der Waals surface area contributed by atoms with Gasteiger partial charge in [0.2, 0.25) is 0 Å². The van der Waals surface area contributed by atoms with Gasteiger partial charge in [-0.15, -0.1) is 0 Å². The smallest absolute Gasteiger partial charge is 0.408 e. The third-order valence-electron chi connectivity index (χ3n) is 6.22. The maximum Gasteiger partial charge on any atom is 0.530 e. The van der Waals surface area contributed by atoms with Crippen molar-refractivity contribution in [1.82, 2.24) is 0 Å². The molecule has 186 valence electrons. The maximum atomic E-state index is 6.58. The van der Waals surface area contributed by atoms with Gasteiger partial charge in [0, 0.05) is 0 Å². The van der Waals surface area contributed by atoms with Crippen LogP contribution in [0.15, 0.2) is 52.3 Å². The highest BCUT2D eigenvalue weighted by Gasteiger charge is 2.29. The molecule has 0 N–H and O–H groups in total. The van der Waals surface area contributed by atoms with Crippen LogP contribution in [0.1, 0.15) is 73.9 Å². The van der Waals surface area contributed by atoms with E-state index in [0.717, 1.165) is 57.4 Å². The minimum absolute atomic E-state index is 0.0805. The lowest BCUT2D eigenvalue weighted by molar-refractivity contribution is 0.375. The van der Waals surface area contributed by atoms with E-state index in [0.29, 0.717) is 0 Å². The van der Waals surface area contributed by atoms with Gasteiger partial charge in [0.05, 0.1) is 9.79 Å². The Bertz CT molecular complexity index is 1170. The van der Waals surface area contributed by atoms with Crippen LogP contribution in [-0.4, -0.2) is 0 Å². The van der Waals surface area contributed by atoms with E-state index in [1.165, 1.54) is 22.3 Å². The Kier molecular flexibility index (Phi) is 7.74. The van der Waals surface area contributed by atoms with Crippen LogP contribution >= 0.6 is 20.4 Å². The van der Waals surface area contributed by atoms with E-state index in [-0.39, 0.29) is 5.41 Å². The van der Waals surface area contributed by atoms with Crippen molar-refractivity contribution in [3.05, 3.63) is 75.8 Å². The highest BCUT2D eigenvalue weighted by Crippen LogP contribution is 2.54. The number of benzene rings is 3. The molecule has 0 atom stereocenters. The zero-order valence-corrected chi connectivity index (χ0v) is 24.0. The fourth-order valence-corrected chi connectivity index (χ4v) is 6.99. The maximum absolute atomic E-state index is 6.58. The molecular weight excluding hydrogens is 471 g/mol. The lowest BCUT2D eigenvalue weighted by Crippen LogP contribution is -2.12. The molecule has 0 unspecified atom stereocenters. The molecule has 0 radical (unpaired) electrons. The summed E-state index contributed by atoms with van der Waals surface area (Å²) in [5.74, 6) is 2.54. The molecule has 4 rings (SSSR count). The second-order valence-corrected chi connectivity index (χ2v) is 12.7. The monoisotopic (exact) mass is 508 g/mol. The van der Waals surface area contributed by atoms with Gasteiger partial charge in [0.25, 0.3) is 0 Å². The Morgan fingerprint density at radius 1 is 0.829 bits per heavy atom. The van der Waals surface area contributed by atoms with Crippen molar-refractivity contribution in [2.75, 3.05) is 0 Å². The van der Waals surface area contributed by atoms with Crippen LogP contribution < -0.4 is 13.6 Å². The van der Waals surface area contributed by atoms with Gasteiger partial charge in [0.15, 0.2) is 0 Å². The van der Waals surface area contributed by atoms with Gasteiger partial charge < -0.3 is 13.6 Å². The number of fused-ring (bicyclic) bond motifs is 2. The zero-order chi connectivity index (χ0) is 25.3. The molecule has 1 aliphatic heterocycles. The molecule has 0 aliphatic carbocycles. The summed E-state index contributed by atoms with van der Waals surface area (Å²) in [6, 6.07) is 15.3. The first kappa shape index (κ1) is 25.9. The SMILES string of the molecule is CCCCc1cc(C(C)(C)C)ccc1OP1Oc2c(C)cc(C)cc2Sc2cc(C)cc(C)c2O1. The summed E-state index contributed by atoms with van der Waals surface area (Å²) < 4.78 is 19.6. The van der Waals surface area contributed by atoms with Gasteiger partial charge in [0.1, 0.15) is 17.2 Å². The first-order valence-corrected chi connectivity index (χ1v) is 14.3. The van der Waals surface area contributed by atoms with E-state index >= 15 is 0 Å². The molecular formula is C30H37O3PS. The van der Waals surface area contributed by atoms with Crippen molar-refractivity contribution in [1.29, 1.82) is 0 Å². The standard InChI is InChI=1S/C30H37O3PS/c1-9-10-11-23-18-24(30(6,7)8)12-13-25(23)31-34-32-28-21(4)14-19(2)16-26(28)35-27-17-20(3)15-22(5)29(27)33-34/h12-18H,9-11H2,1-8H3. The molecule has 0 saturated heterocycles.